The van der Waals surface area contributed by atoms with Crippen LogP contribution in [-0.2, 0) is 0 Å². The number of aliphatic hydroxyl groups excluding tert-OH is 2. The van der Waals surface area contributed by atoms with E-state index >= 15 is 0 Å². The number of unbranched alkanes of at least 4 members (excludes halogenated alkanes) is 26. The number of rotatable bonds is 35. The standard InChI is InChI=1S/C40H86N2O2/c1-7-9-11-13-15-17-19-21-23-25-27-29-31-33-35-41(3,4)38-39(43)37-40(44)42(5,6)36-34-32-30-28-26-24-22-20-18-16-14-12-10-8-2/h39-40,43-44H,7-38H2,1-6H3/q+2. The molecule has 0 rings (SSSR count). The molecular formula is C40H86N2O2+2. The minimum atomic E-state index is -0.493. The lowest BCUT2D eigenvalue weighted by molar-refractivity contribution is -0.939. The lowest BCUT2D eigenvalue weighted by Crippen LogP contribution is -2.53. The van der Waals surface area contributed by atoms with E-state index in [1.165, 1.54) is 180 Å². The van der Waals surface area contributed by atoms with Gasteiger partial charge in [-0.15, -0.1) is 0 Å². The van der Waals surface area contributed by atoms with Crippen molar-refractivity contribution < 1.29 is 19.2 Å². The van der Waals surface area contributed by atoms with Gasteiger partial charge >= 0.3 is 0 Å². The molecule has 0 aromatic heterocycles. The maximum absolute atomic E-state index is 11.0. The highest BCUT2D eigenvalue weighted by atomic mass is 16.3. The molecule has 4 nitrogen and oxygen atoms in total. The fourth-order valence-corrected chi connectivity index (χ4v) is 6.86. The van der Waals surface area contributed by atoms with Crippen molar-refractivity contribution in [3.05, 3.63) is 0 Å². The molecule has 0 fully saturated rings. The molecule has 0 radical (unpaired) electrons. The predicted molar refractivity (Wildman–Crippen MR) is 196 cm³/mol. The molecule has 0 amide bonds. The van der Waals surface area contributed by atoms with Gasteiger partial charge in [0, 0.05) is 0 Å². The van der Waals surface area contributed by atoms with Crippen LogP contribution in [0.15, 0.2) is 0 Å². The van der Waals surface area contributed by atoms with E-state index in [9.17, 15) is 10.2 Å². The first-order chi connectivity index (χ1) is 21.1. The summed E-state index contributed by atoms with van der Waals surface area (Å²) in [5.74, 6) is 0. The van der Waals surface area contributed by atoms with Crippen LogP contribution in [0.1, 0.15) is 200 Å². The molecule has 2 unspecified atom stereocenters. The molecule has 0 bridgehead atoms. The van der Waals surface area contributed by atoms with Crippen molar-refractivity contribution in [3.63, 3.8) is 0 Å². The number of nitrogens with zero attached hydrogens (tertiary/aromatic N) is 2. The van der Waals surface area contributed by atoms with Crippen LogP contribution in [0, 0.1) is 0 Å². The third-order valence-electron chi connectivity index (χ3n) is 10.2. The van der Waals surface area contributed by atoms with Crippen LogP contribution in [0.3, 0.4) is 0 Å². The van der Waals surface area contributed by atoms with Crippen molar-refractivity contribution in [1.29, 1.82) is 0 Å². The lowest BCUT2D eigenvalue weighted by atomic mass is 10.0. The Morgan fingerprint density at radius 2 is 0.659 bits per heavy atom. The van der Waals surface area contributed by atoms with Gasteiger partial charge in [0.1, 0.15) is 12.6 Å². The molecular weight excluding hydrogens is 540 g/mol. The van der Waals surface area contributed by atoms with E-state index in [1.807, 2.05) is 0 Å². The maximum atomic E-state index is 11.0. The zero-order valence-electron chi connectivity index (χ0n) is 31.6. The van der Waals surface area contributed by atoms with E-state index in [0.717, 1.165) is 24.1 Å². The Hall–Kier alpha value is -0.160. The van der Waals surface area contributed by atoms with Crippen molar-refractivity contribution >= 4 is 0 Å². The van der Waals surface area contributed by atoms with Crippen molar-refractivity contribution in [2.45, 2.75) is 212 Å². The Kier molecular flexibility index (Phi) is 30.1. The summed E-state index contributed by atoms with van der Waals surface area (Å²) < 4.78 is 1.44. The SMILES string of the molecule is CCCCCCCCCCCCCCCC[N+](C)(C)CC(O)CC(O)[N+](C)(C)CCCCCCCCCCCCCCCC. The zero-order chi connectivity index (χ0) is 32.8. The molecule has 44 heavy (non-hydrogen) atoms. The molecule has 2 N–H and O–H groups in total. The fraction of sp³-hybridized carbons (Fsp3) is 1.00. The quantitative estimate of drug-likeness (QED) is 0.0417. The van der Waals surface area contributed by atoms with Gasteiger partial charge in [0.05, 0.1) is 47.7 Å². The number of quaternary nitrogens is 2. The van der Waals surface area contributed by atoms with Crippen molar-refractivity contribution in [1.82, 2.24) is 0 Å². The number of hydrogen-bond acceptors (Lipinski definition) is 2. The second-order valence-electron chi connectivity index (χ2n) is 15.9. The summed E-state index contributed by atoms with van der Waals surface area (Å²) in [6, 6.07) is 0. The highest BCUT2D eigenvalue weighted by Gasteiger charge is 2.30. The summed E-state index contributed by atoms with van der Waals surface area (Å²) in [4.78, 5) is 0. The van der Waals surface area contributed by atoms with Crippen LogP contribution in [0.4, 0.5) is 0 Å². The number of aliphatic hydroxyl groups is 2. The van der Waals surface area contributed by atoms with Crippen molar-refractivity contribution in [2.75, 3.05) is 47.8 Å². The predicted octanol–water partition coefficient (Wildman–Crippen LogP) is 11.2. The summed E-state index contributed by atoms with van der Waals surface area (Å²) >= 11 is 0. The smallest absolute Gasteiger partial charge is 0.192 e. The van der Waals surface area contributed by atoms with Gasteiger partial charge in [0.15, 0.2) is 6.23 Å². The van der Waals surface area contributed by atoms with Gasteiger partial charge in [-0.2, -0.15) is 0 Å². The van der Waals surface area contributed by atoms with Gasteiger partial charge in [0.2, 0.25) is 0 Å². The summed E-state index contributed by atoms with van der Waals surface area (Å²) in [6.07, 6.45) is 38.3. The average Bonchev–Trinajstić information content (AvgIpc) is 2.97. The van der Waals surface area contributed by atoms with E-state index in [-0.39, 0.29) is 0 Å². The normalized spacial score (nSPS) is 13.9. The average molecular weight is 627 g/mol. The summed E-state index contributed by atoms with van der Waals surface area (Å²) in [6.45, 7) is 7.42. The second-order valence-corrected chi connectivity index (χ2v) is 15.9. The Morgan fingerprint density at radius 1 is 0.386 bits per heavy atom. The Labute approximate surface area is 279 Å². The van der Waals surface area contributed by atoms with Crippen LogP contribution in [0.5, 0.6) is 0 Å². The molecule has 0 heterocycles. The molecule has 0 saturated heterocycles. The van der Waals surface area contributed by atoms with Gasteiger partial charge in [-0.25, -0.2) is 0 Å². The van der Waals surface area contributed by atoms with Gasteiger partial charge in [-0.05, 0) is 25.7 Å². The summed E-state index contributed by atoms with van der Waals surface area (Å²) in [5.41, 5.74) is 0. The molecule has 0 aliphatic heterocycles. The molecule has 4 heteroatoms. The molecule has 266 valence electrons. The molecule has 0 saturated carbocycles. The molecule has 0 spiro atoms. The van der Waals surface area contributed by atoms with E-state index in [0.29, 0.717) is 10.9 Å². The Bertz CT molecular complexity index is 580. The van der Waals surface area contributed by atoms with Crippen LogP contribution >= 0.6 is 0 Å². The van der Waals surface area contributed by atoms with Crippen LogP contribution in [0.2, 0.25) is 0 Å². The number of likely N-dealkylation sites (N-methyl/N-ethyl adjacent to an activating group) is 1. The molecule has 0 aromatic carbocycles. The van der Waals surface area contributed by atoms with Crippen LogP contribution in [-0.4, -0.2) is 79.3 Å². The first-order valence-electron chi connectivity index (χ1n) is 20.2. The second kappa shape index (κ2) is 30.2. The van der Waals surface area contributed by atoms with Gasteiger partial charge in [-0.3, -0.25) is 0 Å². The van der Waals surface area contributed by atoms with Gasteiger partial charge < -0.3 is 19.2 Å². The van der Waals surface area contributed by atoms with Crippen LogP contribution in [0.25, 0.3) is 0 Å². The largest absolute Gasteiger partial charge is 0.387 e. The highest BCUT2D eigenvalue weighted by Crippen LogP contribution is 2.18. The van der Waals surface area contributed by atoms with E-state index in [1.54, 1.807) is 0 Å². The topological polar surface area (TPSA) is 40.5 Å². The number of hydrogen-bond donors (Lipinski definition) is 2. The highest BCUT2D eigenvalue weighted by molar-refractivity contribution is 4.59. The molecule has 0 aromatic rings. The van der Waals surface area contributed by atoms with Crippen molar-refractivity contribution in [2.24, 2.45) is 0 Å². The van der Waals surface area contributed by atoms with Gasteiger partial charge in [-0.1, -0.05) is 168 Å². The monoisotopic (exact) mass is 627 g/mol. The fourth-order valence-electron chi connectivity index (χ4n) is 6.86. The zero-order valence-corrected chi connectivity index (χ0v) is 31.6. The van der Waals surface area contributed by atoms with E-state index in [2.05, 4.69) is 42.0 Å². The van der Waals surface area contributed by atoms with Crippen LogP contribution < -0.4 is 0 Å². The lowest BCUT2D eigenvalue weighted by Gasteiger charge is -2.37. The minimum Gasteiger partial charge on any atom is -0.387 e. The molecule has 0 aliphatic carbocycles. The maximum Gasteiger partial charge on any atom is 0.192 e. The Balaban J connectivity index is 3.77. The Morgan fingerprint density at radius 3 is 0.977 bits per heavy atom. The minimum absolute atomic E-state index is 0.444. The van der Waals surface area contributed by atoms with Gasteiger partial charge in [0.25, 0.3) is 0 Å². The third-order valence-corrected chi connectivity index (χ3v) is 10.2. The first-order valence-corrected chi connectivity index (χ1v) is 20.2. The summed E-state index contributed by atoms with van der Waals surface area (Å²) in [5, 5.41) is 21.8. The summed E-state index contributed by atoms with van der Waals surface area (Å²) in [7, 11) is 8.75. The molecule has 2 atom stereocenters. The third kappa shape index (κ3) is 29.3. The van der Waals surface area contributed by atoms with E-state index in [4.69, 9.17) is 0 Å². The van der Waals surface area contributed by atoms with E-state index < -0.39 is 12.3 Å². The first kappa shape index (κ1) is 43.8. The van der Waals surface area contributed by atoms with Crippen molar-refractivity contribution in [3.8, 4) is 0 Å². The molecule has 0 aliphatic rings.